The van der Waals surface area contributed by atoms with Crippen molar-refractivity contribution in [2.75, 3.05) is 23.0 Å². The molecule has 30 heavy (non-hydrogen) atoms. The largest absolute Gasteiger partial charge is 0.389 e. The van der Waals surface area contributed by atoms with Gasteiger partial charge < -0.3 is 10.0 Å². The van der Waals surface area contributed by atoms with Crippen LogP contribution in [0.1, 0.15) is 72.3 Å². The zero-order valence-corrected chi connectivity index (χ0v) is 19.9. The van der Waals surface area contributed by atoms with E-state index in [9.17, 15) is 18.3 Å². The van der Waals surface area contributed by atoms with E-state index < -0.39 is 20.9 Å². The Labute approximate surface area is 181 Å². The zero-order chi connectivity index (χ0) is 22.4. The van der Waals surface area contributed by atoms with Crippen LogP contribution in [0.15, 0.2) is 24.3 Å². The van der Waals surface area contributed by atoms with Crippen molar-refractivity contribution in [2.24, 2.45) is 11.3 Å². The molecule has 1 spiro atoms. The minimum Gasteiger partial charge on any atom is -0.389 e. The molecular weight excluding hydrogens is 398 g/mol. The molecule has 1 saturated carbocycles. The molecule has 1 saturated heterocycles. The standard InChI is InChI=1S/C24H37NO4S/c1-18(2)16-30(28,29)17-24(27)12-10-23(11-13-24)14-15-25(21(23)26)20-8-6-19(7-9-20)22(3,4)5/h6-9,18,27H,10-17H2,1-5H3. The molecule has 1 N–H and O–H groups in total. The third kappa shape index (κ3) is 4.91. The van der Waals surface area contributed by atoms with Crippen molar-refractivity contribution in [2.45, 2.75) is 77.7 Å². The van der Waals surface area contributed by atoms with Crippen molar-refractivity contribution >= 4 is 21.4 Å². The van der Waals surface area contributed by atoms with Crippen LogP contribution < -0.4 is 4.90 Å². The Kier molecular flexibility index (Phi) is 6.16. The summed E-state index contributed by atoms with van der Waals surface area (Å²) >= 11 is 0. The molecule has 1 aromatic rings. The zero-order valence-electron chi connectivity index (χ0n) is 19.1. The first kappa shape index (κ1) is 23.3. The molecule has 0 aromatic heterocycles. The molecule has 1 aliphatic heterocycles. The fourth-order valence-corrected chi connectivity index (χ4v) is 7.23. The maximum absolute atomic E-state index is 13.3. The number of benzene rings is 1. The van der Waals surface area contributed by atoms with Gasteiger partial charge in [-0.25, -0.2) is 8.42 Å². The van der Waals surface area contributed by atoms with Crippen molar-refractivity contribution in [3.8, 4) is 0 Å². The van der Waals surface area contributed by atoms with Crippen LogP contribution in [0.4, 0.5) is 5.69 Å². The number of carbonyl (C=O) groups excluding carboxylic acids is 1. The van der Waals surface area contributed by atoms with Gasteiger partial charge in [0.2, 0.25) is 5.91 Å². The van der Waals surface area contributed by atoms with Gasteiger partial charge in [-0.3, -0.25) is 4.79 Å². The summed E-state index contributed by atoms with van der Waals surface area (Å²) in [6, 6.07) is 8.23. The van der Waals surface area contributed by atoms with E-state index in [1.165, 1.54) is 5.56 Å². The number of sulfone groups is 1. The Morgan fingerprint density at radius 1 is 1.03 bits per heavy atom. The molecule has 1 heterocycles. The van der Waals surface area contributed by atoms with E-state index in [0.29, 0.717) is 32.2 Å². The third-order valence-electron chi connectivity index (χ3n) is 6.77. The predicted molar refractivity (Wildman–Crippen MR) is 121 cm³/mol. The van der Waals surface area contributed by atoms with Crippen LogP contribution in [0.2, 0.25) is 0 Å². The molecule has 2 aliphatic rings. The molecule has 1 amide bonds. The molecule has 6 heteroatoms. The van der Waals surface area contributed by atoms with E-state index in [4.69, 9.17) is 0 Å². The van der Waals surface area contributed by atoms with Gasteiger partial charge in [0, 0.05) is 12.2 Å². The second-order valence-corrected chi connectivity index (χ2v) is 13.1. The Morgan fingerprint density at radius 2 is 1.60 bits per heavy atom. The number of carbonyl (C=O) groups is 1. The van der Waals surface area contributed by atoms with Crippen LogP contribution >= 0.6 is 0 Å². The highest BCUT2D eigenvalue weighted by Crippen LogP contribution is 2.49. The van der Waals surface area contributed by atoms with E-state index in [2.05, 4.69) is 32.9 Å². The van der Waals surface area contributed by atoms with Gasteiger partial charge in [-0.1, -0.05) is 46.8 Å². The predicted octanol–water partition coefficient (Wildman–Crippen LogP) is 4.08. The number of hydrogen-bond acceptors (Lipinski definition) is 4. The smallest absolute Gasteiger partial charge is 0.233 e. The first-order valence-electron chi connectivity index (χ1n) is 11.1. The molecule has 3 rings (SSSR count). The van der Waals surface area contributed by atoms with Gasteiger partial charge in [-0.2, -0.15) is 0 Å². The quantitative estimate of drug-likeness (QED) is 0.756. The maximum Gasteiger partial charge on any atom is 0.233 e. The lowest BCUT2D eigenvalue weighted by molar-refractivity contribution is -0.130. The van der Waals surface area contributed by atoms with E-state index in [1.807, 2.05) is 30.9 Å². The minimum atomic E-state index is -3.30. The Hall–Kier alpha value is -1.40. The first-order valence-corrected chi connectivity index (χ1v) is 12.9. The molecule has 0 bridgehead atoms. The van der Waals surface area contributed by atoms with Crippen LogP contribution in [-0.4, -0.2) is 43.1 Å². The topological polar surface area (TPSA) is 74.7 Å². The summed E-state index contributed by atoms with van der Waals surface area (Å²) in [5.74, 6) is 0.0688. The summed E-state index contributed by atoms with van der Waals surface area (Å²) in [7, 11) is -3.30. The fraction of sp³-hybridized carbons (Fsp3) is 0.708. The first-order chi connectivity index (χ1) is 13.8. The monoisotopic (exact) mass is 435 g/mol. The number of hydrogen-bond donors (Lipinski definition) is 1. The lowest BCUT2D eigenvalue weighted by Gasteiger charge is -2.40. The molecule has 5 nitrogen and oxygen atoms in total. The van der Waals surface area contributed by atoms with E-state index in [1.54, 1.807) is 0 Å². The molecule has 0 unspecified atom stereocenters. The normalized spacial score (nSPS) is 28.0. The Balaban J connectivity index is 1.68. The third-order valence-corrected chi connectivity index (χ3v) is 8.92. The number of rotatable bonds is 5. The van der Waals surface area contributed by atoms with Crippen LogP contribution in [0.5, 0.6) is 0 Å². The van der Waals surface area contributed by atoms with E-state index in [-0.39, 0.29) is 28.7 Å². The number of aliphatic hydroxyl groups is 1. The highest BCUT2D eigenvalue weighted by atomic mass is 32.2. The molecule has 1 aromatic carbocycles. The highest BCUT2D eigenvalue weighted by molar-refractivity contribution is 7.91. The minimum absolute atomic E-state index is 0.0446. The van der Waals surface area contributed by atoms with Gasteiger partial charge in [-0.15, -0.1) is 0 Å². The lowest BCUT2D eigenvalue weighted by atomic mass is 9.68. The van der Waals surface area contributed by atoms with Gasteiger partial charge in [-0.05, 0) is 61.1 Å². The Bertz CT molecular complexity index is 873. The van der Waals surface area contributed by atoms with E-state index >= 15 is 0 Å². The van der Waals surface area contributed by atoms with Crippen LogP contribution in [0.25, 0.3) is 0 Å². The molecular formula is C24H37NO4S. The second-order valence-electron chi connectivity index (χ2n) is 11.0. The molecule has 2 fully saturated rings. The van der Waals surface area contributed by atoms with Crippen molar-refractivity contribution < 1.29 is 18.3 Å². The second kappa shape index (κ2) is 7.94. The average Bonchev–Trinajstić information content (AvgIpc) is 2.92. The van der Waals surface area contributed by atoms with Crippen LogP contribution in [0.3, 0.4) is 0 Å². The molecule has 1 aliphatic carbocycles. The summed E-state index contributed by atoms with van der Waals surface area (Å²) in [6.07, 6.45) is 2.60. The van der Waals surface area contributed by atoms with Crippen LogP contribution in [0, 0.1) is 11.3 Å². The van der Waals surface area contributed by atoms with Crippen molar-refractivity contribution in [3.05, 3.63) is 29.8 Å². The van der Waals surface area contributed by atoms with E-state index in [0.717, 1.165) is 12.1 Å². The summed E-state index contributed by atoms with van der Waals surface area (Å²) in [6.45, 7) is 10.9. The molecule has 0 atom stereocenters. The van der Waals surface area contributed by atoms with Gasteiger partial charge >= 0.3 is 0 Å². The van der Waals surface area contributed by atoms with Gasteiger partial charge in [0.15, 0.2) is 9.84 Å². The van der Waals surface area contributed by atoms with Crippen molar-refractivity contribution in [1.82, 2.24) is 0 Å². The van der Waals surface area contributed by atoms with Gasteiger partial charge in [0.1, 0.15) is 0 Å². The highest BCUT2D eigenvalue weighted by Gasteiger charge is 2.52. The molecule has 0 radical (unpaired) electrons. The van der Waals surface area contributed by atoms with Gasteiger partial charge in [0.25, 0.3) is 0 Å². The summed E-state index contributed by atoms with van der Waals surface area (Å²) < 4.78 is 24.8. The fourth-order valence-electron chi connectivity index (χ4n) is 4.99. The lowest BCUT2D eigenvalue weighted by Crippen LogP contribution is -2.47. The number of nitrogens with zero attached hydrogens (tertiary/aromatic N) is 1. The molecule has 168 valence electrons. The number of amides is 1. The maximum atomic E-state index is 13.3. The van der Waals surface area contributed by atoms with Crippen LogP contribution in [-0.2, 0) is 20.0 Å². The SMILES string of the molecule is CC(C)CS(=O)(=O)CC1(O)CCC2(CCN(c3ccc(C(C)(C)C)cc3)C2=O)CC1. The summed E-state index contributed by atoms with van der Waals surface area (Å²) in [5, 5.41) is 10.9. The Morgan fingerprint density at radius 3 is 2.10 bits per heavy atom. The average molecular weight is 436 g/mol. The summed E-state index contributed by atoms with van der Waals surface area (Å²) in [4.78, 5) is 15.2. The van der Waals surface area contributed by atoms with Crippen molar-refractivity contribution in [1.29, 1.82) is 0 Å². The summed E-state index contributed by atoms with van der Waals surface area (Å²) in [5.41, 5.74) is 0.555. The van der Waals surface area contributed by atoms with Crippen molar-refractivity contribution in [3.63, 3.8) is 0 Å². The van der Waals surface area contributed by atoms with Gasteiger partial charge in [0.05, 0.1) is 22.5 Å². The number of anilines is 1.